The minimum Gasteiger partial charge on any atom is -0.351 e. The molecule has 0 aliphatic carbocycles. The van der Waals surface area contributed by atoms with Gasteiger partial charge in [-0.1, -0.05) is 60.7 Å². The molecule has 0 spiro atoms. The van der Waals surface area contributed by atoms with Gasteiger partial charge >= 0.3 is 0 Å². The van der Waals surface area contributed by atoms with Gasteiger partial charge < -0.3 is 9.88 Å². The highest BCUT2D eigenvalue weighted by atomic mass is 16.2. The van der Waals surface area contributed by atoms with Crippen LogP contribution in [0.2, 0.25) is 0 Å². The molecular formula is C21H20N2O2. The van der Waals surface area contributed by atoms with Crippen LogP contribution in [0.25, 0.3) is 0 Å². The number of amides is 1. The molecule has 0 bridgehead atoms. The number of nitrogens with one attached hydrogen (secondary N) is 1. The van der Waals surface area contributed by atoms with Crippen molar-refractivity contribution in [2.45, 2.75) is 5.92 Å². The van der Waals surface area contributed by atoms with Crippen LogP contribution in [0.4, 0.5) is 0 Å². The van der Waals surface area contributed by atoms with Crippen LogP contribution in [0.5, 0.6) is 0 Å². The molecule has 0 radical (unpaired) electrons. The Bertz CT molecular complexity index is 862. The van der Waals surface area contributed by atoms with Gasteiger partial charge in [0.15, 0.2) is 0 Å². The maximum atomic E-state index is 12.4. The molecular weight excluding hydrogens is 312 g/mol. The fourth-order valence-electron chi connectivity index (χ4n) is 2.82. The third kappa shape index (κ3) is 4.04. The SMILES string of the molecule is Cn1cc(C(=O)NCC(c2ccccc2)c2ccccc2)ccc1=O. The summed E-state index contributed by atoms with van der Waals surface area (Å²) in [6.07, 6.45) is 1.55. The highest BCUT2D eigenvalue weighted by molar-refractivity contribution is 5.93. The quantitative estimate of drug-likeness (QED) is 0.781. The van der Waals surface area contributed by atoms with Crippen molar-refractivity contribution in [3.8, 4) is 0 Å². The van der Waals surface area contributed by atoms with Gasteiger partial charge in [-0.15, -0.1) is 0 Å². The molecule has 4 heteroatoms. The van der Waals surface area contributed by atoms with E-state index in [-0.39, 0.29) is 17.4 Å². The first-order chi connectivity index (χ1) is 12.1. The summed E-state index contributed by atoms with van der Waals surface area (Å²) in [5.74, 6) is -0.119. The van der Waals surface area contributed by atoms with E-state index in [1.807, 2.05) is 36.4 Å². The number of carbonyl (C=O) groups is 1. The van der Waals surface area contributed by atoms with E-state index in [4.69, 9.17) is 0 Å². The van der Waals surface area contributed by atoms with Crippen molar-refractivity contribution in [3.05, 3.63) is 106 Å². The topological polar surface area (TPSA) is 51.1 Å². The predicted molar refractivity (Wildman–Crippen MR) is 98.7 cm³/mol. The van der Waals surface area contributed by atoms with Crippen molar-refractivity contribution in [3.63, 3.8) is 0 Å². The first kappa shape index (κ1) is 16.7. The molecule has 0 unspecified atom stereocenters. The molecule has 3 rings (SSSR count). The molecule has 0 aliphatic rings. The molecule has 0 fully saturated rings. The van der Waals surface area contributed by atoms with E-state index in [9.17, 15) is 9.59 Å². The van der Waals surface area contributed by atoms with Gasteiger partial charge in [-0.25, -0.2) is 0 Å². The maximum Gasteiger partial charge on any atom is 0.252 e. The highest BCUT2D eigenvalue weighted by Gasteiger charge is 2.16. The van der Waals surface area contributed by atoms with Gasteiger partial charge in [-0.2, -0.15) is 0 Å². The zero-order valence-corrected chi connectivity index (χ0v) is 14.1. The molecule has 3 aromatic rings. The summed E-state index contributed by atoms with van der Waals surface area (Å²) in [4.78, 5) is 23.9. The van der Waals surface area contributed by atoms with Crippen LogP contribution in [-0.2, 0) is 7.05 Å². The molecule has 126 valence electrons. The number of hydrogen-bond donors (Lipinski definition) is 1. The number of aromatic nitrogens is 1. The second kappa shape index (κ2) is 7.62. The fourth-order valence-corrected chi connectivity index (χ4v) is 2.82. The second-order valence-corrected chi connectivity index (χ2v) is 5.95. The molecule has 1 heterocycles. The first-order valence-electron chi connectivity index (χ1n) is 8.20. The van der Waals surface area contributed by atoms with E-state index in [1.165, 1.54) is 10.6 Å². The Hall–Kier alpha value is -3.14. The van der Waals surface area contributed by atoms with Crippen molar-refractivity contribution in [1.82, 2.24) is 9.88 Å². The van der Waals surface area contributed by atoms with Gasteiger partial charge in [0, 0.05) is 31.8 Å². The zero-order chi connectivity index (χ0) is 17.6. The van der Waals surface area contributed by atoms with E-state index in [1.54, 1.807) is 19.3 Å². The lowest BCUT2D eigenvalue weighted by atomic mass is 9.91. The number of benzene rings is 2. The van der Waals surface area contributed by atoms with Crippen molar-refractivity contribution < 1.29 is 4.79 Å². The standard InChI is InChI=1S/C21H20N2O2/c1-23-15-18(12-13-20(23)24)21(25)22-14-19(16-8-4-2-5-9-16)17-10-6-3-7-11-17/h2-13,15,19H,14H2,1H3,(H,22,25). The van der Waals surface area contributed by atoms with Gasteiger partial charge in [-0.3, -0.25) is 9.59 Å². The van der Waals surface area contributed by atoms with Gasteiger partial charge in [0.1, 0.15) is 0 Å². The van der Waals surface area contributed by atoms with Gasteiger partial charge in [0.05, 0.1) is 5.56 Å². The fraction of sp³-hybridized carbons (Fsp3) is 0.143. The minimum absolute atomic E-state index is 0.0684. The second-order valence-electron chi connectivity index (χ2n) is 5.95. The molecule has 2 aromatic carbocycles. The average Bonchev–Trinajstić information content (AvgIpc) is 2.66. The lowest BCUT2D eigenvalue weighted by molar-refractivity contribution is 0.0951. The predicted octanol–water partition coefficient (Wildman–Crippen LogP) is 2.95. The van der Waals surface area contributed by atoms with Crippen molar-refractivity contribution in [2.75, 3.05) is 6.54 Å². The Kier molecular flexibility index (Phi) is 5.09. The van der Waals surface area contributed by atoms with Crippen molar-refractivity contribution >= 4 is 5.91 Å². The Balaban J connectivity index is 1.80. The lowest BCUT2D eigenvalue weighted by Crippen LogP contribution is -2.30. The molecule has 0 saturated carbocycles. The Morgan fingerprint density at radius 1 is 0.920 bits per heavy atom. The lowest BCUT2D eigenvalue weighted by Gasteiger charge is -2.19. The number of pyridine rings is 1. The molecule has 0 atom stereocenters. The monoisotopic (exact) mass is 332 g/mol. The summed E-state index contributed by atoms with van der Waals surface area (Å²) in [6.45, 7) is 0.482. The zero-order valence-electron chi connectivity index (χ0n) is 14.1. The van der Waals surface area contributed by atoms with Crippen LogP contribution in [0.15, 0.2) is 83.8 Å². The van der Waals surface area contributed by atoms with Gasteiger partial charge in [-0.05, 0) is 17.2 Å². The third-order valence-corrected chi connectivity index (χ3v) is 4.22. The van der Waals surface area contributed by atoms with E-state index in [2.05, 4.69) is 29.6 Å². The Morgan fingerprint density at radius 2 is 1.48 bits per heavy atom. The molecule has 4 nitrogen and oxygen atoms in total. The van der Waals surface area contributed by atoms with Crippen LogP contribution in [0.1, 0.15) is 27.4 Å². The summed E-state index contributed by atoms with van der Waals surface area (Å²) < 4.78 is 1.40. The van der Waals surface area contributed by atoms with Gasteiger partial charge in [0.2, 0.25) is 5.56 Å². The molecule has 0 saturated heterocycles. The number of aryl methyl sites for hydroxylation is 1. The molecule has 1 amide bonds. The van der Waals surface area contributed by atoms with Crippen LogP contribution in [0, 0.1) is 0 Å². The van der Waals surface area contributed by atoms with Gasteiger partial charge in [0.25, 0.3) is 5.91 Å². The van der Waals surface area contributed by atoms with Crippen LogP contribution >= 0.6 is 0 Å². The highest BCUT2D eigenvalue weighted by Crippen LogP contribution is 2.23. The van der Waals surface area contributed by atoms with E-state index in [0.29, 0.717) is 12.1 Å². The number of hydrogen-bond acceptors (Lipinski definition) is 2. The summed E-state index contributed by atoms with van der Waals surface area (Å²) in [6, 6.07) is 23.2. The maximum absolute atomic E-state index is 12.4. The third-order valence-electron chi connectivity index (χ3n) is 4.22. The van der Waals surface area contributed by atoms with E-state index < -0.39 is 0 Å². The number of rotatable bonds is 5. The normalized spacial score (nSPS) is 10.6. The van der Waals surface area contributed by atoms with E-state index in [0.717, 1.165) is 11.1 Å². The Morgan fingerprint density at radius 3 is 2.00 bits per heavy atom. The van der Waals surface area contributed by atoms with Crippen molar-refractivity contribution in [2.24, 2.45) is 7.05 Å². The van der Waals surface area contributed by atoms with Crippen LogP contribution < -0.4 is 10.9 Å². The summed E-state index contributed by atoms with van der Waals surface area (Å²) in [5.41, 5.74) is 2.63. The molecule has 1 N–H and O–H groups in total. The average molecular weight is 332 g/mol. The molecule has 0 aliphatic heterocycles. The molecule has 1 aromatic heterocycles. The largest absolute Gasteiger partial charge is 0.351 e. The number of carbonyl (C=O) groups excluding carboxylic acids is 1. The Labute approximate surface area is 146 Å². The van der Waals surface area contributed by atoms with Crippen molar-refractivity contribution in [1.29, 1.82) is 0 Å². The van der Waals surface area contributed by atoms with E-state index >= 15 is 0 Å². The summed E-state index contributed by atoms with van der Waals surface area (Å²) in [7, 11) is 1.63. The summed E-state index contributed by atoms with van der Waals surface area (Å²) >= 11 is 0. The minimum atomic E-state index is -0.188. The van der Waals surface area contributed by atoms with Crippen LogP contribution in [-0.4, -0.2) is 17.0 Å². The first-order valence-corrected chi connectivity index (χ1v) is 8.20. The molecule has 25 heavy (non-hydrogen) atoms. The number of nitrogens with zero attached hydrogens (tertiary/aromatic N) is 1. The van der Waals surface area contributed by atoms with Crippen LogP contribution in [0.3, 0.4) is 0 Å². The smallest absolute Gasteiger partial charge is 0.252 e. The summed E-state index contributed by atoms with van der Waals surface area (Å²) in [5, 5.41) is 2.99.